The van der Waals surface area contributed by atoms with Crippen molar-refractivity contribution in [2.75, 3.05) is 26.2 Å². The number of phenolic OH excluding ortho intramolecular Hbond substituents is 1. The molecular formula is C21H20N3O5. The minimum Gasteiger partial charge on any atom is -0.508 e. The molecule has 0 aliphatic carbocycles. The average Bonchev–Trinajstić information content (AvgIpc) is 2.72. The molecular weight excluding hydrogens is 374 g/mol. The lowest BCUT2D eigenvalue weighted by molar-refractivity contribution is -0.384. The van der Waals surface area contributed by atoms with Crippen LogP contribution in [0.5, 0.6) is 5.75 Å². The number of hydrogen-bond acceptors (Lipinski definition) is 5. The Morgan fingerprint density at radius 1 is 1.10 bits per heavy atom. The first kappa shape index (κ1) is 20.1. The molecule has 1 aliphatic rings. The predicted molar refractivity (Wildman–Crippen MR) is 107 cm³/mol. The molecule has 2 aromatic carbocycles. The zero-order chi connectivity index (χ0) is 21.0. The summed E-state index contributed by atoms with van der Waals surface area (Å²) in [4.78, 5) is 38.2. The molecule has 0 saturated carbocycles. The quantitative estimate of drug-likeness (QED) is 0.487. The van der Waals surface area contributed by atoms with Gasteiger partial charge in [0.15, 0.2) is 0 Å². The smallest absolute Gasteiger partial charge is 0.285 e. The first-order chi connectivity index (χ1) is 13.9. The standard InChI is InChI=1S/C21H20N3O5/c1-15(25)22-11-13-23(14-12-22)20(27)10-7-16-3-2-4-19(24(28)29)21(16)17-5-8-18(26)9-6-17/h2-3,5-10,26H,11-14H2,1H3/b10-7+. The first-order valence-corrected chi connectivity index (χ1v) is 9.08. The lowest BCUT2D eigenvalue weighted by Crippen LogP contribution is -2.49. The van der Waals surface area contributed by atoms with Crippen molar-refractivity contribution in [2.24, 2.45) is 0 Å². The number of aromatic hydroxyl groups is 1. The van der Waals surface area contributed by atoms with Gasteiger partial charge >= 0.3 is 0 Å². The minimum absolute atomic E-state index is 0.0148. The monoisotopic (exact) mass is 394 g/mol. The molecule has 29 heavy (non-hydrogen) atoms. The predicted octanol–water partition coefficient (Wildman–Crippen LogP) is 2.47. The normalized spacial score (nSPS) is 14.2. The number of benzene rings is 2. The summed E-state index contributed by atoms with van der Waals surface area (Å²) in [7, 11) is 0. The van der Waals surface area contributed by atoms with Crippen LogP contribution in [-0.4, -0.2) is 57.8 Å². The van der Waals surface area contributed by atoms with E-state index in [1.165, 1.54) is 31.2 Å². The molecule has 0 bridgehead atoms. The number of nitrogens with zero attached hydrogens (tertiary/aromatic N) is 3. The summed E-state index contributed by atoms with van der Waals surface area (Å²) in [5.74, 6) is -0.187. The summed E-state index contributed by atoms with van der Waals surface area (Å²) in [5.41, 5.74) is 1.15. The Morgan fingerprint density at radius 2 is 1.72 bits per heavy atom. The molecule has 8 nitrogen and oxygen atoms in total. The maximum absolute atomic E-state index is 12.5. The highest BCUT2D eigenvalue weighted by molar-refractivity contribution is 5.94. The second kappa shape index (κ2) is 8.55. The number of rotatable bonds is 4. The van der Waals surface area contributed by atoms with Crippen LogP contribution in [0, 0.1) is 16.2 Å². The van der Waals surface area contributed by atoms with Crippen molar-refractivity contribution in [3.8, 4) is 16.9 Å². The number of amides is 2. The Balaban J connectivity index is 1.86. The third-order valence-corrected chi connectivity index (χ3v) is 4.79. The van der Waals surface area contributed by atoms with Gasteiger partial charge in [-0.3, -0.25) is 19.7 Å². The molecule has 0 atom stereocenters. The molecule has 2 aromatic rings. The highest BCUT2D eigenvalue weighted by Crippen LogP contribution is 2.34. The summed E-state index contributed by atoms with van der Waals surface area (Å²) in [6.45, 7) is 3.35. The molecule has 149 valence electrons. The van der Waals surface area contributed by atoms with Crippen LogP contribution >= 0.6 is 0 Å². The van der Waals surface area contributed by atoms with Gasteiger partial charge in [-0.25, -0.2) is 0 Å². The number of carbonyl (C=O) groups excluding carboxylic acids is 2. The zero-order valence-corrected chi connectivity index (χ0v) is 15.9. The lowest BCUT2D eigenvalue weighted by atomic mass is 9.97. The van der Waals surface area contributed by atoms with E-state index in [1.54, 1.807) is 34.1 Å². The Morgan fingerprint density at radius 3 is 2.31 bits per heavy atom. The van der Waals surface area contributed by atoms with E-state index in [0.29, 0.717) is 42.9 Å². The molecule has 1 fully saturated rings. The van der Waals surface area contributed by atoms with Crippen LogP contribution in [0.3, 0.4) is 0 Å². The molecule has 1 aliphatic heterocycles. The SMILES string of the molecule is CC(=O)N1CCN(C(=O)/C=C/c2cc[c]c([N+](=O)[O-])c2-c2ccc(O)cc2)CC1. The fourth-order valence-electron chi connectivity index (χ4n) is 3.23. The van der Waals surface area contributed by atoms with Gasteiger partial charge in [0.25, 0.3) is 5.69 Å². The van der Waals surface area contributed by atoms with Crippen molar-refractivity contribution in [2.45, 2.75) is 6.92 Å². The van der Waals surface area contributed by atoms with Gasteiger partial charge in [0.2, 0.25) is 11.8 Å². The van der Waals surface area contributed by atoms with Crippen LogP contribution in [0.25, 0.3) is 17.2 Å². The number of nitro benzene ring substituents is 1. The molecule has 1 saturated heterocycles. The molecule has 1 N–H and O–H groups in total. The van der Waals surface area contributed by atoms with Gasteiger partial charge in [0.05, 0.1) is 16.6 Å². The number of phenols is 1. The van der Waals surface area contributed by atoms with Gasteiger partial charge < -0.3 is 14.9 Å². The van der Waals surface area contributed by atoms with Crippen LogP contribution in [0.2, 0.25) is 0 Å². The Kier molecular flexibility index (Phi) is 5.92. The molecule has 1 heterocycles. The van der Waals surface area contributed by atoms with E-state index in [9.17, 15) is 24.8 Å². The van der Waals surface area contributed by atoms with Gasteiger partial charge in [-0.05, 0) is 35.4 Å². The summed E-state index contributed by atoms with van der Waals surface area (Å²) < 4.78 is 0. The van der Waals surface area contributed by atoms with E-state index in [-0.39, 0.29) is 23.3 Å². The molecule has 3 rings (SSSR count). The second-order valence-corrected chi connectivity index (χ2v) is 6.63. The van der Waals surface area contributed by atoms with Crippen molar-refractivity contribution < 1.29 is 19.6 Å². The van der Waals surface area contributed by atoms with Crippen LogP contribution in [0.1, 0.15) is 12.5 Å². The van der Waals surface area contributed by atoms with Gasteiger partial charge in [-0.15, -0.1) is 0 Å². The average molecular weight is 394 g/mol. The zero-order valence-electron chi connectivity index (χ0n) is 15.9. The van der Waals surface area contributed by atoms with Crippen LogP contribution < -0.4 is 0 Å². The summed E-state index contributed by atoms with van der Waals surface area (Å²) in [6, 6.07) is 11.8. The van der Waals surface area contributed by atoms with Crippen LogP contribution in [0.4, 0.5) is 5.69 Å². The van der Waals surface area contributed by atoms with Gasteiger partial charge in [-0.1, -0.05) is 18.2 Å². The number of nitro groups is 1. The van der Waals surface area contributed by atoms with E-state index >= 15 is 0 Å². The van der Waals surface area contributed by atoms with Crippen LogP contribution in [-0.2, 0) is 9.59 Å². The Labute approximate surface area is 167 Å². The largest absolute Gasteiger partial charge is 0.508 e. The highest BCUT2D eigenvalue weighted by Gasteiger charge is 2.22. The topological polar surface area (TPSA) is 104 Å². The van der Waals surface area contributed by atoms with Crippen LogP contribution in [0.15, 0.2) is 42.5 Å². The van der Waals surface area contributed by atoms with Crippen molar-refractivity contribution in [3.05, 3.63) is 64.2 Å². The summed E-state index contributed by atoms with van der Waals surface area (Å²) in [5, 5.41) is 21.0. The third kappa shape index (κ3) is 4.60. The molecule has 0 unspecified atom stereocenters. The number of piperazine rings is 1. The molecule has 0 spiro atoms. The van der Waals surface area contributed by atoms with Crippen molar-refractivity contribution in [1.29, 1.82) is 0 Å². The molecule has 0 aromatic heterocycles. The molecule has 2 amide bonds. The highest BCUT2D eigenvalue weighted by atomic mass is 16.6. The van der Waals surface area contributed by atoms with Crippen molar-refractivity contribution >= 4 is 23.6 Å². The van der Waals surface area contributed by atoms with E-state index in [4.69, 9.17) is 0 Å². The van der Waals surface area contributed by atoms with E-state index in [0.717, 1.165) is 0 Å². The summed E-state index contributed by atoms with van der Waals surface area (Å²) >= 11 is 0. The van der Waals surface area contributed by atoms with Gasteiger partial charge in [-0.2, -0.15) is 0 Å². The van der Waals surface area contributed by atoms with Crippen molar-refractivity contribution in [3.63, 3.8) is 0 Å². The molecule has 1 radical (unpaired) electrons. The third-order valence-electron chi connectivity index (χ3n) is 4.79. The molecule has 8 heteroatoms. The van der Waals surface area contributed by atoms with Gasteiger partial charge in [0, 0.05) is 39.2 Å². The second-order valence-electron chi connectivity index (χ2n) is 6.63. The Hall–Kier alpha value is -3.68. The first-order valence-electron chi connectivity index (χ1n) is 9.08. The fraction of sp³-hybridized carbons (Fsp3) is 0.238. The summed E-state index contributed by atoms with van der Waals surface area (Å²) in [6.07, 6.45) is 2.93. The van der Waals surface area contributed by atoms with Crippen molar-refractivity contribution in [1.82, 2.24) is 9.80 Å². The Bertz CT molecular complexity index is 961. The minimum atomic E-state index is -0.525. The fourth-order valence-corrected chi connectivity index (χ4v) is 3.23. The number of hydrogen-bond donors (Lipinski definition) is 1. The van der Waals surface area contributed by atoms with Gasteiger partial charge in [0.1, 0.15) is 5.75 Å². The van der Waals surface area contributed by atoms with E-state index < -0.39 is 4.92 Å². The number of carbonyl (C=O) groups is 2. The van der Waals surface area contributed by atoms with E-state index in [1.807, 2.05) is 0 Å². The maximum atomic E-state index is 12.5. The lowest BCUT2D eigenvalue weighted by Gasteiger charge is -2.33. The maximum Gasteiger partial charge on any atom is 0.285 e. The van der Waals surface area contributed by atoms with E-state index in [2.05, 4.69) is 6.07 Å².